The maximum Gasteiger partial charge on any atom is 0.243 e. The normalized spacial score (nSPS) is 20.1. The Bertz CT molecular complexity index is 635. The summed E-state index contributed by atoms with van der Waals surface area (Å²) in [5, 5.41) is 0. The average molecular weight is 305 g/mol. The summed E-state index contributed by atoms with van der Waals surface area (Å²) >= 11 is 0. The summed E-state index contributed by atoms with van der Waals surface area (Å²) in [6.45, 7) is 0.0212. The molecule has 2 rings (SSSR count). The molecular weight excluding hydrogens is 290 g/mol. The highest BCUT2D eigenvalue weighted by molar-refractivity contribution is 7.92. The minimum atomic E-state index is -3.62. The lowest BCUT2D eigenvalue weighted by molar-refractivity contribution is 0.413. The molecule has 1 heterocycles. The van der Waals surface area contributed by atoms with E-state index in [4.69, 9.17) is 4.74 Å². The summed E-state index contributed by atoms with van der Waals surface area (Å²) in [6.07, 6.45) is 0. The zero-order valence-corrected chi connectivity index (χ0v) is 12.1. The number of hydrogen-bond acceptors (Lipinski definition) is 5. The van der Waals surface area contributed by atoms with E-state index in [-0.39, 0.29) is 29.5 Å². The maximum atomic E-state index is 12.3. The zero-order chi connectivity index (χ0) is 14.1. The first-order chi connectivity index (χ1) is 8.85. The first kappa shape index (κ1) is 14.3. The monoisotopic (exact) mass is 305 g/mol. The van der Waals surface area contributed by atoms with Crippen LogP contribution < -0.4 is 4.74 Å². The van der Waals surface area contributed by atoms with Crippen LogP contribution in [0, 0.1) is 0 Å². The third kappa shape index (κ3) is 3.07. The van der Waals surface area contributed by atoms with Gasteiger partial charge in [0.25, 0.3) is 0 Å². The molecule has 1 aromatic carbocycles. The number of sulfonamides is 1. The molecule has 19 heavy (non-hydrogen) atoms. The van der Waals surface area contributed by atoms with E-state index in [1.807, 2.05) is 0 Å². The van der Waals surface area contributed by atoms with Crippen molar-refractivity contribution in [3.05, 3.63) is 24.3 Å². The second-order valence-electron chi connectivity index (χ2n) is 4.23. The summed E-state index contributed by atoms with van der Waals surface area (Å²) in [5.74, 6) is 0.324. The molecule has 1 saturated heterocycles. The van der Waals surface area contributed by atoms with Crippen molar-refractivity contribution in [2.24, 2.45) is 0 Å². The lowest BCUT2D eigenvalue weighted by Crippen LogP contribution is -2.43. The van der Waals surface area contributed by atoms with Gasteiger partial charge in [0.05, 0.1) is 23.5 Å². The first-order valence-corrected chi connectivity index (χ1v) is 8.96. The third-order valence-electron chi connectivity index (χ3n) is 3.00. The zero-order valence-electron chi connectivity index (χ0n) is 10.4. The van der Waals surface area contributed by atoms with E-state index in [9.17, 15) is 16.8 Å². The van der Waals surface area contributed by atoms with Crippen LogP contribution in [-0.2, 0) is 19.9 Å². The fourth-order valence-corrected chi connectivity index (χ4v) is 4.71. The van der Waals surface area contributed by atoms with Crippen LogP contribution in [0.4, 0.5) is 0 Å². The van der Waals surface area contributed by atoms with E-state index in [2.05, 4.69) is 0 Å². The van der Waals surface area contributed by atoms with Gasteiger partial charge in [-0.1, -0.05) is 0 Å². The number of rotatable bonds is 3. The van der Waals surface area contributed by atoms with Crippen LogP contribution in [0.15, 0.2) is 29.2 Å². The molecule has 1 aliphatic rings. The van der Waals surface area contributed by atoms with E-state index >= 15 is 0 Å². The van der Waals surface area contributed by atoms with Crippen molar-refractivity contribution >= 4 is 19.9 Å². The third-order valence-corrected chi connectivity index (χ3v) is 6.52. The fourth-order valence-electron chi connectivity index (χ4n) is 1.83. The number of methoxy groups -OCH3 is 1. The van der Waals surface area contributed by atoms with Crippen molar-refractivity contribution in [1.29, 1.82) is 0 Å². The molecular formula is C11H15NO5S2. The van der Waals surface area contributed by atoms with Crippen LogP contribution >= 0.6 is 0 Å². The van der Waals surface area contributed by atoms with Gasteiger partial charge in [-0.15, -0.1) is 0 Å². The van der Waals surface area contributed by atoms with Gasteiger partial charge in [0.2, 0.25) is 10.0 Å². The number of ether oxygens (including phenoxy) is 1. The Labute approximate surface area is 113 Å². The maximum absolute atomic E-state index is 12.3. The Morgan fingerprint density at radius 1 is 1.11 bits per heavy atom. The van der Waals surface area contributed by atoms with Crippen LogP contribution in [0.2, 0.25) is 0 Å². The molecule has 0 bridgehead atoms. The predicted molar refractivity (Wildman–Crippen MR) is 70.4 cm³/mol. The van der Waals surface area contributed by atoms with Crippen LogP contribution in [0.5, 0.6) is 5.75 Å². The molecule has 0 atom stereocenters. The summed E-state index contributed by atoms with van der Waals surface area (Å²) in [5.41, 5.74) is 0. The lowest BCUT2D eigenvalue weighted by Gasteiger charge is -2.25. The number of sulfone groups is 1. The molecule has 8 heteroatoms. The van der Waals surface area contributed by atoms with Crippen molar-refractivity contribution in [2.45, 2.75) is 4.90 Å². The molecule has 0 aromatic heterocycles. The van der Waals surface area contributed by atoms with Crippen molar-refractivity contribution in [3.8, 4) is 5.75 Å². The molecule has 0 saturated carbocycles. The molecule has 0 aliphatic carbocycles. The average Bonchev–Trinajstić information content (AvgIpc) is 2.38. The van der Waals surface area contributed by atoms with Crippen LogP contribution in [0.3, 0.4) is 0 Å². The Morgan fingerprint density at radius 2 is 1.63 bits per heavy atom. The Morgan fingerprint density at radius 3 is 2.11 bits per heavy atom. The van der Waals surface area contributed by atoms with Crippen molar-refractivity contribution < 1.29 is 21.6 Å². The molecule has 0 N–H and O–H groups in total. The smallest absolute Gasteiger partial charge is 0.243 e. The van der Waals surface area contributed by atoms with E-state index in [0.717, 1.165) is 0 Å². The minimum absolute atomic E-state index is 0.0106. The van der Waals surface area contributed by atoms with Crippen molar-refractivity contribution in [1.82, 2.24) is 4.31 Å². The van der Waals surface area contributed by atoms with Gasteiger partial charge >= 0.3 is 0 Å². The molecule has 0 unspecified atom stereocenters. The number of nitrogens with zero attached hydrogens (tertiary/aromatic N) is 1. The van der Waals surface area contributed by atoms with Gasteiger partial charge in [-0.05, 0) is 24.3 Å². The molecule has 1 aromatic rings. The molecule has 106 valence electrons. The summed E-state index contributed by atoms with van der Waals surface area (Å²) in [7, 11) is -5.22. The quantitative estimate of drug-likeness (QED) is 0.792. The standard InChI is InChI=1S/C11H15NO5S2/c1-17-10-2-4-11(5-3-10)19(15,16)12-6-8-18(13,14)9-7-12/h2-5H,6-9H2,1H3. The second kappa shape index (κ2) is 5.10. The highest BCUT2D eigenvalue weighted by atomic mass is 32.2. The van der Waals surface area contributed by atoms with Crippen molar-refractivity contribution in [3.63, 3.8) is 0 Å². The molecule has 1 aliphatic heterocycles. The largest absolute Gasteiger partial charge is 0.497 e. The Hall–Kier alpha value is -1.12. The molecule has 0 spiro atoms. The van der Waals surface area contributed by atoms with E-state index in [1.165, 1.54) is 23.5 Å². The summed E-state index contributed by atoms with van der Waals surface area (Å²) < 4.78 is 53.4. The van der Waals surface area contributed by atoms with Crippen LogP contribution in [-0.4, -0.2) is 52.8 Å². The van der Waals surface area contributed by atoms with E-state index in [0.29, 0.717) is 5.75 Å². The van der Waals surface area contributed by atoms with Crippen molar-refractivity contribution in [2.75, 3.05) is 31.7 Å². The van der Waals surface area contributed by atoms with Gasteiger partial charge in [0.15, 0.2) is 9.84 Å². The van der Waals surface area contributed by atoms with Gasteiger partial charge in [0.1, 0.15) is 5.75 Å². The Balaban J connectivity index is 2.22. The fraction of sp³-hybridized carbons (Fsp3) is 0.455. The van der Waals surface area contributed by atoms with Gasteiger partial charge in [-0.25, -0.2) is 16.8 Å². The predicted octanol–water partition coefficient (Wildman–Crippen LogP) is 0.114. The topological polar surface area (TPSA) is 80.8 Å². The van der Waals surface area contributed by atoms with E-state index in [1.54, 1.807) is 12.1 Å². The van der Waals surface area contributed by atoms with Gasteiger partial charge in [-0.3, -0.25) is 0 Å². The Kier molecular flexibility index (Phi) is 3.84. The van der Waals surface area contributed by atoms with Gasteiger partial charge < -0.3 is 4.74 Å². The number of hydrogen-bond donors (Lipinski definition) is 0. The highest BCUT2D eigenvalue weighted by Crippen LogP contribution is 2.20. The molecule has 1 fully saturated rings. The van der Waals surface area contributed by atoms with Crippen LogP contribution in [0.25, 0.3) is 0 Å². The summed E-state index contributed by atoms with van der Waals surface area (Å²) in [6, 6.07) is 6.04. The van der Waals surface area contributed by atoms with Gasteiger partial charge in [-0.2, -0.15) is 4.31 Å². The second-order valence-corrected chi connectivity index (χ2v) is 8.47. The molecule has 6 nitrogen and oxygen atoms in total. The van der Waals surface area contributed by atoms with Crippen LogP contribution in [0.1, 0.15) is 0 Å². The lowest BCUT2D eigenvalue weighted by atomic mass is 10.3. The summed E-state index contributed by atoms with van der Waals surface area (Å²) in [4.78, 5) is 0.146. The highest BCUT2D eigenvalue weighted by Gasteiger charge is 2.31. The minimum Gasteiger partial charge on any atom is -0.497 e. The van der Waals surface area contributed by atoms with E-state index < -0.39 is 19.9 Å². The molecule has 0 radical (unpaired) electrons. The number of benzene rings is 1. The van der Waals surface area contributed by atoms with Gasteiger partial charge in [0, 0.05) is 13.1 Å². The first-order valence-electron chi connectivity index (χ1n) is 5.70. The molecule has 0 amide bonds. The SMILES string of the molecule is COc1ccc(S(=O)(=O)N2CCS(=O)(=O)CC2)cc1.